The van der Waals surface area contributed by atoms with Gasteiger partial charge in [0, 0.05) is 6.42 Å². The van der Waals surface area contributed by atoms with Crippen LogP contribution in [0.5, 0.6) is 5.75 Å². The van der Waals surface area contributed by atoms with E-state index in [-0.39, 0.29) is 11.6 Å². The van der Waals surface area contributed by atoms with Crippen LogP contribution in [0.1, 0.15) is 18.4 Å². The molecule has 0 saturated carbocycles. The van der Waals surface area contributed by atoms with E-state index in [0.29, 0.717) is 19.4 Å². The molecule has 0 atom stereocenters. The number of carbonyl (C=O) groups is 1. The Balaban J connectivity index is 1.72. The standard InChI is InChI=1S/C17H18FNO2/c1-13-9-10-16(15(18)12-13)19-17(20)8-5-11-21-14-6-3-2-4-7-14/h2-4,6-7,9-10,12H,5,8,11H2,1H3,(H,19,20). The minimum absolute atomic E-state index is 0.214. The fraction of sp³-hybridized carbons (Fsp3) is 0.235. The van der Waals surface area contributed by atoms with Crippen LogP contribution < -0.4 is 10.1 Å². The number of amides is 1. The third kappa shape index (κ3) is 4.91. The van der Waals surface area contributed by atoms with Crippen LogP contribution in [0, 0.1) is 12.7 Å². The summed E-state index contributed by atoms with van der Waals surface area (Å²) in [5.41, 5.74) is 1.04. The van der Waals surface area contributed by atoms with E-state index < -0.39 is 5.82 Å². The van der Waals surface area contributed by atoms with Crippen LogP contribution in [0.2, 0.25) is 0 Å². The molecule has 0 aromatic heterocycles. The number of benzene rings is 2. The normalized spacial score (nSPS) is 10.2. The molecule has 1 N–H and O–H groups in total. The van der Waals surface area contributed by atoms with Crippen molar-refractivity contribution in [2.24, 2.45) is 0 Å². The predicted octanol–water partition coefficient (Wildman–Crippen LogP) is 3.93. The van der Waals surface area contributed by atoms with Gasteiger partial charge < -0.3 is 10.1 Å². The summed E-state index contributed by atoms with van der Waals surface area (Å²) in [6.45, 7) is 2.25. The van der Waals surface area contributed by atoms with E-state index >= 15 is 0 Å². The van der Waals surface area contributed by atoms with E-state index in [2.05, 4.69) is 5.32 Å². The van der Waals surface area contributed by atoms with Gasteiger partial charge in [0.2, 0.25) is 5.91 Å². The number of hydrogen-bond donors (Lipinski definition) is 1. The Kier molecular flexibility index (Phi) is 5.32. The van der Waals surface area contributed by atoms with Crippen molar-refractivity contribution in [2.45, 2.75) is 19.8 Å². The first-order chi connectivity index (χ1) is 10.1. The lowest BCUT2D eigenvalue weighted by Gasteiger charge is -2.08. The van der Waals surface area contributed by atoms with Crippen molar-refractivity contribution < 1.29 is 13.9 Å². The van der Waals surface area contributed by atoms with Gasteiger partial charge >= 0.3 is 0 Å². The Morgan fingerprint density at radius 1 is 1.19 bits per heavy atom. The van der Waals surface area contributed by atoms with Crippen LogP contribution in [-0.2, 0) is 4.79 Å². The molecule has 0 radical (unpaired) electrons. The first-order valence-corrected chi connectivity index (χ1v) is 6.89. The zero-order valence-electron chi connectivity index (χ0n) is 11.9. The summed E-state index contributed by atoms with van der Waals surface area (Å²) in [7, 11) is 0. The number of halogens is 1. The lowest BCUT2D eigenvalue weighted by Crippen LogP contribution is -2.13. The summed E-state index contributed by atoms with van der Waals surface area (Å²) in [5.74, 6) is 0.154. The summed E-state index contributed by atoms with van der Waals surface area (Å²) in [5, 5.41) is 2.57. The fourth-order valence-electron chi connectivity index (χ4n) is 1.87. The summed E-state index contributed by atoms with van der Waals surface area (Å²) < 4.78 is 19.1. The van der Waals surface area contributed by atoms with Gasteiger partial charge in [0.05, 0.1) is 12.3 Å². The topological polar surface area (TPSA) is 38.3 Å². The van der Waals surface area contributed by atoms with Crippen molar-refractivity contribution in [1.29, 1.82) is 0 Å². The Morgan fingerprint density at radius 3 is 2.67 bits per heavy atom. The lowest BCUT2D eigenvalue weighted by atomic mass is 10.2. The molecule has 0 heterocycles. The number of ether oxygens (including phenoxy) is 1. The van der Waals surface area contributed by atoms with Crippen molar-refractivity contribution in [1.82, 2.24) is 0 Å². The van der Waals surface area contributed by atoms with E-state index in [1.54, 1.807) is 19.1 Å². The van der Waals surface area contributed by atoms with Gasteiger partial charge in [-0.15, -0.1) is 0 Å². The van der Waals surface area contributed by atoms with Crippen molar-refractivity contribution in [2.75, 3.05) is 11.9 Å². The molecule has 1 amide bonds. The first-order valence-electron chi connectivity index (χ1n) is 6.89. The molecule has 3 nitrogen and oxygen atoms in total. The smallest absolute Gasteiger partial charge is 0.224 e. The van der Waals surface area contributed by atoms with E-state index in [1.165, 1.54) is 6.07 Å². The number of rotatable bonds is 6. The molecule has 0 bridgehead atoms. The molecular formula is C17H18FNO2. The predicted molar refractivity (Wildman–Crippen MR) is 80.9 cm³/mol. The second kappa shape index (κ2) is 7.43. The number of hydrogen-bond acceptors (Lipinski definition) is 2. The molecule has 0 fully saturated rings. The maximum Gasteiger partial charge on any atom is 0.224 e. The zero-order valence-corrected chi connectivity index (χ0v) is 11.9. The van der Waals surface area contributed by atoms with E-state index in [4.69, 9.17) is 4.74 Å². The highest BCUT2D eigenvalue weighted by Crippen LogP contribution is 2.15. The maximum atomic E-state index is 13.6. The van der Waals surface area contributed by atoms with Gasteiger partial charge in [0.1, 0.15) is 11.6 Å². The highest BCUT2D eigenvalue weighted by Gasteiger charge is 2.07. The van der Waals surface area contributed by atoms with Gasteiger partial charge in [-0.2, -0.15) is 0 Å². The van der Waals surface area contributed by atoms with Gasteiger partial charge in [-0.3, -0.25) is 4.79 Å². The number of carbonyl (C=O) groups excluding carboxylic acids is 1. The summed E-state index contributed by atoms with van der Waals surface area (Å²) in [6.07, 6.45) is 0.869. The van der Waals surface area contributed by atoms with Crippen LogP contribution in [0.3, 0.4) is 0 Å². The first kappa shape index (κ1) is 15.0. The SMILES string of the molecule is Cc1ccc(NC(=O)CCCOc2ccccc2)c(F)c1. The summed E-state index contributed by atoms with van der Waals surface area (Å²) in [4.78, 5) is 11.7. The third-order valence-corrected chi connectivity index (χ3v) is 2.96. The van der Waals surface area contributed by atoms with Gasteiger partial charge in [-0.25, -0.2) is 4.39 Å². The van der Waals surface area contributed by atoms with Crippen LogP contribution in [0.25, 0.3) is 0 Å². The van der Waals surface area contributed by atoms with Gasteiger partial charge in [-0.1, -0.05) is 24.3 Å². The van der Waals surface area contributed by atoms with Crippen LogP contribution in [0.15, 0.2) is 48.5 Å². The van der Waals surface area contributed by atoms with Crippen LogP contribution in [0.4, 0.5) is 10.1 Å². The van der Waals surface area contributed by atoms with Crippen LogP contribution in [-0.4, -0.2) is 12.5 Å². The van der Waals surface area contributed by atoms with Gasteiger partial charge in [-0.05, 0) is 43.2 Å². The van der Waals surface area contributed by atoms with Crippen molar-refractivity contribution in [3.63, 3.8) is 0 Å². The van der Waals surface area contributed by atoms with E-state index in [1.807, 2.05) is 30.3 Å². The monoisotopic (exact) mass is 287 g/mol. The molecular weight excluding hydrogens is 269 g/mol. The van der Waals surface area contributed by atoms with Crippen molar-refractivity contribution >= 4 is 11.6 Å². The number of anilines is 1. The van der Waals surface area contributed by atoms with Gasteiger partial charge in [0.15, 0.2) is 0 Å². The minimum atomic E-state index is -0.413. The van der Waals surface area contributed by atoms with Crippen LogP contribution >= 0.6 is 0 Å². The molecule has 2 aromatic rings. The molecule has 0 unspecified atom stereocenters. The molecule has 4 heteroatoms. The minimum Gasteiger partial charge on any atom is -0.494 e. The Bertz CT molecular complexity index is 599. The van der Waals surface area contributed by atoms with E-state index in [0.717, 1.165) is 11.3 Å². The van der Waals surface area contributed by atoms with Crippen molar-refractivity contribution in [3.8, 4) is 5.75 Å². The Labute approximate surface area is 123 Å². The van der Waals surface area contributed by atoms with Crippen molar-refractivity contribution in [3.05, 3.63) is 59.9 Å². The number of nitrogens with one attached hydrogen (secondary N) is 1. The van der Waals surface area contributed by atoms with E-state index in [9.17, 15) is 9.18 Å². The molecule has 2 aromatic carbocycles. The second-order valence-electron chi connectivity index (χ2n) is 4.80. The molecule has 2 rings (SSSR count). The summed E-state index contributed by atoms with van der Waals surface area (Å²) >= 11 is 0. The molecule has 0 spiro atoms. The Hall–Kier alpha value is -2.36. The molecule has 0 aliphatic carbocycles. The third-order valence-electron chi connectivity index (χ3n) is 2.96. The number of aryl methyl sites for hydroxylation is 1. The summed E-state index contributed by atoms with van der Waals surface area (Å²) in [6, 6.07) is 14.2. The van der Waals surface area contributed by atoms with Gasteiger partial charge in [0.25, 0.3) is 0 Å². The average Bonchev–Trinajstić information content (AvgIpc) is 2.48. The second-order valence-corrected chi connectivity index (χ2v) is 4.80. The Morgan fingerprint density at radius 2 is 1.95 bits per heavy atom. The fourth-order valence-corrected chi connectivity index (χ4v) is 1.87. The maximum absolute atomic E-state index is 13.6. The average molecular weight is 287 g/mol. The highest BCUT2D eigenvalue weighted by atomic mass is 19.1. The molecule has 21 heavy (non-hydrogen) atoms. The molecule has 0 aliphatic rings. The largest absolute Gasteiger partial charge is 0.494 e. The zero-order chi connectivity index (χ0) is 15.1. The lowest BCUT2D eigenvalue weighted by molar-refractivity contribution is -0.116. The quantitative estimate of drug-likeness (QED) is 0.817. The molecule has 110 valence electrons. The number of para-hydroxylation sites is 1. The molecule has 0 saturated heterocycles. The highest BCUT2D eigenvalue weighted by molar-refractivity contribution is 5.90. The molecule has 0 aliphatic heterocycles.